The van der Waals surface area contributed by atoms with Gasteiger partial charge in [-0.2, -0.15) is 0 Å². The van der Waals surface area contributed by atoms with E-state index in [0.29, 0.717) is 6.42 Å². The minimum absolute atomic E-state index is 0.341. The molecule has 1 aromatic carbocycles. The number of unbranched alkanes of at least 4 members (excludes halogenated alkanes) is 9. The maximum absolute atomic E-state index is 10.7. The van der Waals surface area contributed by atoms with Gasteiger partial charge < -0.3 is 15.6 Å². The molecule has 0 aromatic heterocycles. The Balaban J connectivity index is 2.02. The number of rotatable bonds is 15. The quantitative estimate of drug-likeness (QED) is 0.440. The fourth-order valence-corrected chi connectivity index (χ4v) is 2.84. The molecule has 0 saturated carbocycles. The van der Waals surface area contributed by atoms with Gasteiger partial charge in [-0.25, -0.2) is 0 Å². The molecule has 0 saturated heterocycles. The third kappa shape index (κ3) is 10.8. The Labute approximate surface area is 152 Å². The van der Waals surface area contributed by atoms with Crippen LogP contribution in [0, 0.1) is 0 Å². The molecular weight excluding hydrogens is 314 g/mol. The third-order valence-electron chi connectivity index (χ3n) is 4.46. The average molecular weight is 350 g/mol. The maximum atomic E-state index is 10.7. The van der Waals surface area contributed by atoms with E-state index in [1.54, 1.807) is 0 Å². The fraction of sp³-hybridized carbons (Fsp3) is 0.667. The molecular formula is C21H35NO3. The van der Waals surface area contributed by atoms with Gasteiger partial charge >= 0.3 is 5.97 Å². The molecule has 0 aliphatic carbocycles. The summed E-state index contributed by atoms with van der Waals surface area (Å²) in [7, 11) is 0. The second-order valence-electron chi connectivity index (χ2n) is 6.82. The van der Waals surface area contributed by atoms with E-state index < -0.39 is 12.0 Å². The van der Waals surface area contributed by atoms with E-state index >= 15 is 0 Å². The molecule has 1 rings (SSSR count). The highest BCUT2D eigenvalue weighted by Crippen LogP contribution is 2.15. The van der Waals surface area contributed by atoms with E-state index in [0.717, 1.165) is 24.3 Å². The summed E-state index contributed by atoms with van der Waals surface area (Å²) in [6.45, 7) is 3.00. The van der Waals surface area contributed by atoms with Crippen LogP contribution in [0.4, 0.5) is 0 Å². The first-order valence-electron chi connectivity index (χ1n) is 9.83. The smallest absolute Gasteiger partial charge is 0.320 e. The summed E-state index contributed by atoms with van der Waals surface area (Å²) in [6.07, 6.45) is 13.5. The SMILES string of the molecule is CCCCCCCCCCCCOc1ccc(C[C@H](N)C(=O)O)cc1. The number of nitrogens with two attached hydrogens (primary N) is 1. The van der Waals surface area contributed by atoms with Crippen LogP contribution in [0.2, 0.25) is 0 Å². The molecule has 3 N–H and O–H groups in total. The van der Waals surface area contributed by atoms with Crippen LogP contribution in [0.15, 0.2) is 24.3 Å². The molecule has 0 aliphatic rings. The lowest BCUT2D eigenvalue weighted by Crippen LogP contribution is -2.32. The molecule has 1 atom stereocenters. The van der Waals surface area contributed by atoms with E-state index in [1.165, 1.54) is 57.8 Å². The van der Waals surface area contributed by atoms with E-state index in [-0.39, 0.29) is 0 Å². The lowest BCUT2D eigenvalue weighted by atomic mass is 10.1. The highest BCUT2D eigenvalue weighted by Gasteiger charge is 2.11. The molecule has 25 heavy (non-hydrogen) atoms. The van der Waals surface area contributed by atoms with Gasteiger partial charge in [0.2, 0.25) is 0 Å². The normalized spacial score (nSPS) is 12.1. The van der Waals surface area contributed by atoms with Crippen LogP contribution in [-0.4, -0.2) is 23.7 Å². The molecule has 0 amide bonds. The van der Waals surface area contributed by atoms with E-state index in [2.05, 4.69) is 6.92 Å². The standard InChI is InChI=1S/C21H35NO3/c1-2-3-4-5-6-7-8-9-10-11-16-25-19-14-12-18(13-15-19)17-20(22)21(23)24/h12-15,20H,2-11,16-17,22H2,1H3,(H,23,24)/t20-/m0/s1. The zero-order chi connectivity index (χ0) is 18.3. The number of benzene rings is 1. The summed E-state index contributed by atoms with van der Waals surface area (Å²) in [6, 6.07) is 6.70. The topological polar surface area (TPSA) is 72.5 Å². The number of aliphatic carboxylic acids is 1. The molecule has 142 valence electrons. The Kier molecular flexibility index (Phi) is 11.8. The first-order valence-corrected chi connectivity index (χ1v) is 9.83. The Morgan fingerprint density at radius 2 is 1.48 bits per heavy atom. The predicted octanol–water partition coefficient (Wildman–Crippen LogP) is 4.94. The highest BCUT2D eigenvalue weighted by molar-refractivity contribution is 5.73. The number of ether oxygens (including phenoxy) is 1. The summed E-state index contributed by atoms with van der Waals surface area (Å²) in [5.41, 5.74) is 6.45. The molecule has 0 heterocycles. The molecule has 0 aliphatic heterocycles. The van der Waals surface area contributed by atoms with Crippen molar-refractivity contribution in [2.75, 3.05) is 6.61 Å². The maximum Gasteiger partial charge on any atom is 0.320 e. The van der Waals surface area contributed by atoms with Gasteiger partial charge in [0.1, 0.15) is 11.8 Å². The van der Waals surface area contributed by atoms with E-state index in [9.17, 15) is 4.79 Å². The zero-order valence-corrected chi connectivity index (χ0v) is 15.7. The van der Waals surface area contributed by atoms with Crippen molar-refractivity contribution in [2.24, 2.45) is 5.73 Å². The zero-order valence-electron chi connectivity index (χ0n) is 15.7. The minimum atomic E-state index is -0.971. The van der Waals surface area contributed by atoms with Crippen LogP contribution in [0.5, 0.6) is 5.75 Å². The van der Waals surface area contributed by atoms with Crippen LogP contribution in [-0.2, 0) is 11.2 Å². The van der Waals surface area contributed by atoms with Gasteiger partial charge in [0.05, 0.1) is 6.61 Å². The number of carbonyl (C=O) groups is 1. The number of carboxylic acid groups (broad SMARTS) is 1. The second kappa shape index (κ2) is 13.7. The van der Waals surface area contributed by atoms with Crippen LogP contribution in [0.3, 0.4) is 0 Å². The average Bonchev–Trinajstić information content (AvgIpc) is 2.61. The molecule has 0 unspecified atom stereocenters. The number of hydrogen-bond acceptors (Lipinski definition) is 3. The number of hydrogen-bond donors (Lipinski definition) is 2. The molecule has 1 aromatic rings. The fourth-order valence-electron chi connectivity index (χ4n) is 2.84. The third-order valence-corrected chi connectivity index (χ3v) is 4.46. The van der Waals surface area contributed by atoms with Gasteiger partial charge in [0, 0.05) is 0 Å². The summed E-state index contributed by atoms with van der Waals surface area (Å²) >= 11 is 0. The van der Waals surface area contributed by atoms with Crippen molar-refractivity contribution in [2.45, 2.75) is 83.6 Å². The van der Waals surface area contributed by atoms with Gasteiger partial charge in [0.15, 0.2) is 0 Å². The molecule has 4 nitrogen and oxygen atoms in total. The Morgan fingerprint density at radius 1 is 0.960 bits per heavy atom. The lowest BCUT2D eigenvalue weighted by Gasteiger charge is -2.09. The molecule has 0 fully saturated rings. The van der Waals surface area contributed by atoms with Crippen LogP contribution >= 0.6 is 0 Å². The molecule has 0 radical (unpaired) electrons. The summed E-state index contributed by atoms with van der Waals surface area (Å²) < 4.78 is 5.74. The van der Waals surface area contributed by atoms with Crippen molar-refractivity contribution in [3.05, 3.63) is 29.8 Å². The number of carboxylic acids is 1. The van der Waals surface area contributed by atoms with Crippen molar-refractivity contribution in [3.8, 4) is 5.75 Å². The first kappa shape index (κ1) is 21.5. The van der Waals surface area contributed by atoms with Crippen LogP contribution in [0.25, 0.3) is 0 Å². The summed E-state index contributed by atoms with van der Waals surface area (Å²) in [4.78, 5) is 10.7. The largest absolute Gasteiger partial charge is 0.494 e. The molecule has 0 spiro atoms. The lowest BCUT2D eigenvalue weighted by molar-refractivity contribution is -0.138. The van der Waals surface area contributed by atoms with Gasteiger partial charge in [-0.3, -0.25) is 4.79 Å². The van der Waals surface area contributed by atoms with Crippen molar-refractivity contribution >= 4 is 5.97 Å². The minimum Gasteiger partial charge on any atom is -0.494 e. The van der Waals surface area contributed by atoms with Crippen molar-refractivity contribution in [3.63, 3.8) is 0 Å². The first-order chi connectivity index (χ1) is 12.1. The highest BCUT2D eigenvalue weighted by atomic mass is 16.5. The monoisotopic (exact) mass is 349 g/mol. The predicted molar refractivity (Wildman–Crippen MR) is 103 cm³/mol. The van der Waals surface area contributed by atoms with Crippen LogP contribution in [0.1, 0.15) is 76.7 Å². The Hall–Kier alpha value is -1.55. The van der Waals surface area contributed by atoms with Crippen molar-refractivity contribution in [1.82, 2.24) is 0 Å². The molecule has 4 heteroatoms. The van der Waals surface area contributed by atoms with E-state index in [4.69, 9.17) is 15.6 Å². The van der Waals surface area contributed by atoms with Gasteiger partial charge in [-0.05, 0) is 30.5 Å². The van der Waals surface area contributed by atoms with E-state index in [1.807, 2.05) is 24.3 Å². The van der Waals surface area contributed by atoms with Gasteiger partial charge in [-0.15, -0.1) is 0 Å². The summed E-state index contributed by atoms with van der Waals surface area (Å²) in [5.74, 6) is -0.134. The Morgan fingerprint density at radius 3 is 2.00 bits per heavy atom. The van der Waals surface area contributed by atoms with Crippen molar-refractivity contribution < 1.29 is 14.6 Å². The van der Waals surface area contributed by atoms with Crippen molar-refractivity contribution in [1.29, 1.82) is 0 Å². The summed E-state index contributed by atoms with van der Waals surface area (Å²) in [5, 5.41) is 8.82. The second-order valence-corrected chi connectivity index (χ2v) is 6.82. The van der Waals surface area contributed by atoms with Gasteiger partial charge in [0.25, 0.3) is 0 Å². The molecule has 0 bridgehead atoms. The van der Waals surface area contributed by atoms with Gasteiger partial charge in [-0.1, -0.05) is 76.8 Å². The van der Waals surface area contributed by atoms with Crippen LogP contribution < -0.4 is 10.5 Å². The Bertz CT molecular complexity index is 459.